The predicted octanol–water partition coefficient (Wildman–Crippen LogP) is 1.55. The molecule has 0 aliphatic carbocycles. The molecule has 1 atom stereocenters. The highest BCUT2D eigenvalue weighted by Gasteiger charge is 2.12. The fourth-order valence-corrected chi connectivity index (χ4v) is 2.52. The second kappa shape index (κ2) is 5.86. The first kappa shape index (κ1) is 14.5. The Labute approximate surface area is 108 Å². The van der Waals surface area contributed by atoms with Crippen molar-refractivity contribution in [3.63, 3.8) is 0 Å². The fraction of sp³-hybridized carbons (Fsp3) is 0.417. The number of nitrogens with one attached hydrogen (secondary N) is 2. The number of rotatable bonds is 4. The third kappa shape index (κ3) is 5.67. The molecule has 0 aromatic heterocycles. The molecule has 2 N–H and O–H groups in total. The molecule has 0 bridgehead atoms. The van der Waals surface area contributed by atoms with Crippen LogP contribution in [0.1, 0.15) is 12.5 Å². The highest BCUT2D eigenvalue weighted by Crippen LogP contribution is 2.08. The molecule has 2 amide bonds. The molecule has 0 radical (unpaired) electrons. The summed E-state index contributed by atoms with van der Waals surface area (Å²) < 4.78 is 22.1. The topological polar surface area (TPSA) is 75.3 Å². The molecule has 0 spiro atoms. The Bertz CT molecular complexity index is 509. The summed E-state index contributed by atoms with van der Waals surface area (Å²) in [5, 5.41) is 5.21. The lowest BCUT2D eigenvalue weighted by Crippen LogP contribution is -2.39. The molecule has 100 valence electrons. The number of amides is 2. The maximum atomic E-state index is 11.6. The Morgan fingerprint density at radius 2 is 1.83 bits per heavy atom. The van der Waals surface area contributed by atoms with Gasteiger partial charge >= 0.3 is 6.03 Å². The molecule has 6 heteroatoms. The Balaban J connectivity index is 2.49. The molecular formula is C12H18N2O3S. The van der Waals surface area contributed by atoms with Gasteiger partial charge in [0.1, 0.15) is 9.84 Å². The van der Waals surface area contributed by atoms with E-state index in [1.165, 1.54) is 0 Å². The van der Waals surface area contributed by atoms with E-state index in [4.69, 9.17) is 0 Å². The van der Waals surface area contributed by atoms with Gasteiger partial charge in [-0.3, -0.25) is 0 Å². The Morgan fingerprint density at radius 1 is 1.28 bits per heavy atom. The van der Waals surface area contributed by atoms with Gasteiger partial charge in [0.05, 0.1) is 5.75 Å². The van der Waals surface area contributed by atoms with Crippen LogP contribution in [0.15, 0.2) is 24.3 Å². The molecule has 0 aliphatic heterocycles. The number of aryl methyl sites for hydroxylation is 1. The van der Waals surface area contributed by atoms with Gasteiger partial charge in [0.15, 0.2) is 0 Å². The smallest absolute Gasteiger partial charge is 0.319 e. The zero-order valence-corrected chi connectivity index (χ0v) is 11.5. The minimum absolute atomic E-state index is 0.0751. The molecule has 5 nitrogen and oxygen atoms in total. The number of hydrogen-bond donors (Lipinski definition) is 2. The monoisotopic (exact) mass is 270 g/mol. The van der Waals surface area contributed by atoms with Crippen molar-refractivity contribution < 1.29 is 13.2 Å². The van der Waals surface area contributed by atoms with Crippen molar-refractivity contribution in [2.24, 2.45) is 0 Å². The summed E-state index contributed by atoms with van der Waals surface area (Å²) in [6, 6.07) is 6.51. The second-order valence-corrected chi connectivity index (χ2v) is 6.64. The summed E-state index contributed by atoms with van der Waals surface area (Å²) in [6.07, 6.45) is 1.14. The van der Waals surface area contributed by atoms with E-state index in [0.29, 0.717) is 5.69 Å². The lowest BCUT2D eigenvalue weighted by Gasteiger charge is -2.13. The molecule has 1 aromatic rings. The largest absolute Gasteiger partial charge is 0.334 e. The lowest BCUT2D eigenvalue weighted by atomic mass is 10.2. The molecule has 0 fully saturated rings. The summed E-state index contributed by atoms with van der Waals surface area (Å²) in [4.78, 5) is 11.6. The van der Waals surface area contributed by atoms with Crippen LogP contribution >= 0.6 is 0 Å². The van der Waals surface area contributed by atoms with E-state index in [-0.39, 0.29) is 5.75 Å². The number of anilines is 1. The Morgan fingerprint density at radius 3 is 2.33 bits per heavy atom. The van der Waals surface area contributed by atoms with E-state index >= 15 is 0 Å². The van der Waals surface area contributed by atoms with E-state index in [0.717, 1.165) is 11.8 Å². The number of sulfone groups is 1. The van der Waals surface area contributed by atoms with E-state index in [2.05, 4.69) is 10.6 Å². The quantitative estimate of drug-likeness (QED) is 0.871. The van der Waals surface area contributed by atoms with Crippen LogP contribution in [0.4, 0.5) is 10.5 Å². The maximum absolute atomic E-state index is 11.6. The van der Waals surface area contributed by atoms with E-state index in [1.54, 1.807) is 19.1 Å². The SMILES string of the molecule is Cc1ccc(NC(=O)N[C@@H](C)CS(C)(=O)=O)cc1. The van der Waals surface area contributed by atoms with Crippen molar-refractivity contribution in [2.75, 3.05) is 17.3 Å². The highest BCUT2D eigenvalue weighted by atomic mass is 32.2. The van der Waals surface area contributed by atoms with E-state index < -0.39 is 21.9 Å². The van der Waals surface area contributed by atoms with Crippen LogP contribution in [0.5, 0.6) is 0 Å². The third-order valence-electron chi connectivity index (χ3n) is 2.24. The van der Waals surface area contributed by atoms with Crippen molar-refractivity contribution in [2.45, 2.75) is 19.9 Å². The van der Waals surface area contributed by atoms with Crippen molar-refractivity contribution in [3.05, 3.63) is 29.8 Å². The molecule has 0 saturated carbocycles. The van der Waals surface area contributed by atoms with Crippen LogP contribution in [0.25, 0.3) is 0 Å². The third-order valence-corrected chi connectivity index (χ3v) is 3.35. The molecule has 0 unspecified atom stereocenters. The Hall–Kier alpha value is -1.56. The van der Waals surface area contributed by atoms with Crippen molar-refractivity contribution in [1.29, 1.82) is 0 Å². The van der Waals surface area contributed by atoms with Crippen LogP contribution in [0.3, 0.4) is 0 Å². The summed E-state index contributed by atoms with van der Waals surface area (Å²) in [5.41, 5.74) is 1.77. The van der Waals surface area contributed by atoms with Crippen LogP contribution < -0.4 is 10.6 Å². The summed E-state index contributed by atoms with van der Waals surface area (Å²) in [6.45, 7) is 3.60. The first-order valence-corrected chi connectivity index (χ1v) is 7.64. The van der Waals surface area contributed by atoms with Gasteiger partial charge in [-0.05, 0) is 26.0 Å². The fourth-order valence-electron chi connectivity index (χ4n) is 1.52. The molecule has 18 heavy (non-hydrogen) atoms. The van der Waals surface area contributed by atoms with Crippen LogP contribution in [-0.4, -0.2) is 32.5 Å². The zero-order valence-electron chi connectivity index (χ0n) is 10.7. The normalized spacial score (nSPS) is 12.8. The number of benzene rings is 1. The van der Waals surface area contributed by atoms with E-state index in [1.807, 2.05) is 19.1 Å². The minimum atomic E-state index is -3.09. The van der Waals surface area contributed by atoms with Gasteiger partial charge in [0.2, 0.25) is 0 Å². The number of urea groups is 1. The van der Waals surface area contributed by atoms with Crippen LogP contribution in [-0.2, 0) is 9.84 Å². The van der Waals surface area contributed by atoms with Gasteiger partial charge in [-0.2, -0.15) is 0 Å². The summed E-state index contributed by atoms with van der Waals surface area (Å²) in [7, 11) is -3.09. The molecule has 1 aromatic carbocycles. The van der Waals surface area contributed by atoms with Gasteiger partial charge in [-0.1, -0.05) is 17.7 Å². The molecule has 0 heterocycles. The molecular weight excluding hydrogens is 252 g/mol. The van der Waals surface area contributed by atoms with Gasteiger partial charge in [-0.15, -0.1) is 0 Å². The molecule has 0 saturated heterocycles. The first-order valence-electron chi connectivity index (χ1n) is 5.58. The van der Waals surface area contributed by atoms with Gasteiger partial charge < -0.3 is 10.6 Å². The highest BCUT2D eigenvalue weighted by molar-refractivity contribution is 7.90. The van der Waals surface area contributed by atoms with Crippen LogP contribution in [0.2, 0.25) is 0 Å². The average molecular weight is 270 g/mol. The second-order valence-electron chi connectivity index (χ2n) is 4.46. The molecule has 1 rings (SSSR count). The summed E-state index contributed by atoms with van der Waals surface area (Å²) >= 11 is 0. The minimum Gasteiger partial charge on any atom is -0.334 e. The lowest BCUT2D eigenvalue weighted by molar-refractivity contribution is 0.250. The number of carbonyl (C=O) groups is 1. The maximum Gasteiger partial charge on any atom is 0.319 e. The average Bonchev–Trinajstić information content (AvgIpc) is 2.18. The van der Waals surface area contributed by atoms with E-state index in [9.17, 15) is 13.2 Å². The zero-order chi connectivity index (χ0) is 13.8. The first-order chi connectivity index (χ1) is 8.26. The Kier molecular flexibility index (Phi) is 4.72. The predicted molar refractivity (Wildman–Crippen MR) is 72.5 cm³/mol. The standard InChI is InChI=1S/C12H18N2O3S/c1-9-4-6-11(7-5-9)14-12(15)13-10(2)8-18(3,16)17/h4-7,10H,8H2,1-3H3,(H2,13,14,15)/t10-/m0/s1. The van der Waals surface area contributed by atoms with Gasteiger partial charge in [0.25, 0.3) is 0 Å². The van der Waals surface area contributed by atoms with Crippen LogP contribution in [0, 0.1) is 6.92 Å². The number of hydrogen-bond acceptors (Lipinski definition) is 3. The summed E-state index contributed by atoms with van der Waals surface area (Å²) in [5.74, 6) is -0.0751. The van der Waals surface area contributed by atoms with Gasteiger partial charge in [-0.25, -0.2) is 13.2 Å². The molecule has 0 aliphatic rings. The van der Waals surface area contributed by atoms with Crippen molar-refractivity contribution in [3.8, 4) is 0 Å². The van der Waals surface area contributed by atoms with Gasteiger partial charge in [0, 0.05) is 18.0 Å². The number of carbonyl (C=O) groups excluding carboxylic acids is 1. The van der Waals surface area contributed by atoms with Crippen molar-refractivity contribution >= 4 is 21.6 Å². The van der Waals surface area contributed by atoms with Crippen molar-refractivity contribution in [1.82, 2.24) is 5.32 Å².